The minimum absolute atomic E-state index is 0.315. The average Bonchev–Trinajstić information content (AvgIpc) is 3.17. The highest BCUT2D eigenvalue weighted by atomic mass is 79.9. The zero-order chi connectivity index (χ0) is 21.4. The Morgan fingerprint density at radius 1 is 1.16 bits per heavy atom. The molecule has 156 valence electrons. The number of para-hydroxylation sites is 1. The normalized spacial score (nSPS) is 18.0. The molecule has 1 aliphatic heterocycles. The fourth-order valence-corrected chi connectivity index (χ4v) is 4.59. The quantitative estimate of drug-likeness (QED) is 0.391. The van der Waals surface area contributed by atoms with Gasteiger partial charge in [-0.2, -0.15) is 0 Å². The highest BCUT2D eigenvalue weighted by molar-refractivity contribution is 9.10. The fraction of sp³-hybridized carbons (Fsp3) is 0.167. The summed E-state index contributed by atoms with van der Waals surface area (Å²) in [6, 6.07) is 18.5. The van der Waals surface area contributed by atoms with Crippen LogP contribution in [0.25, 0.3) is 10.9 Å². The monoisotopic (exact) mass is 477 g/mol. The molecule has 3 N–H and O–H groups in total. The lowest BCUT2D eigenvalue weighted by Crippen LogP contribution is -2.45. The highest BCUT2D eigenvalue weighted by Crippen LogP contribution is 2.38. The van der Waals surface area contributed by atoms with Gasteiger partial charge in [-0.05, 0) is 47.5 Å². The summed E-state index contributed by atoms with van der Waals surface area (Å²) in [5, 5.41) is 14.1. The second-order valence-corrected chi connectivity index (χ2v) is 8.40. The summed E-state index contributed by atoms with van der Waals surface area (Å²) in [4.78, 5) is 19.7. The molecule has 5 rings (SSSR count). The number of halogens is 1. The second-order valence-electron chi connectivity index (χ2n) is 7.55. The van der Waals surface area contributed by atoms with Gasteiger partial charge in [-0.3, -0.25) is 15.1 Å². The van der Waals surface area contributed by atoms with E-state index in [1.54, 1.807) is 6.20 Å². The van der Waals surface area contributed by atoms with Crippen LogP contribution in [0.5, 0.6) is 5.75 Å². The van der Waals surface area contributed by atoms with Gasteiger partial charge in [-0.25, -0.2) is 0 Å². The fourth-order valence-electron chi connectivity index (χ4n) is 4.11. The number of aromatic nitrogens is 2. The molecule has 0 saturated heterocycles. The molecule has 0 spiro atoms. The Bertz CT molecular complexity index is 1260. The van der Waals surface area contributed by atoms with E-state index in [0.29, 0.717) is 18.8 Å². The molecular formula is C24H20BrN3O3. The maximum atomic E-state index is 11.9. The highest BCUT2D eigenvalue weighted by Gasteiger charge is 2.34. The van der Waals surface area contributed by atoms with Crippen molar-refractivity contribution in [1.29, 1.82) is 0 Å². The number of carboxylic acids is 1. The van der Waals surface area contributed by atoms with Gasteiger partial charge in [0.2, 0.25) is 0 Å². The minimum atomic E-state index is -0.861. The number of pyridine rings is 1. The number of nitrogens with zero attached hydrogens (tertiary/aromatic N) is 1. The number of carboxylic acid groups (broad SMARTS) is 1. The van der Waals surface area contributed by atoms with Gasteiger partial charge < -0.3 is 14.8 Å². The van der Waals surface area contributed by atoms with Crippen LogP contribution >= 0.6 is 15.9 Å². The number of benzene rings is 2. The summed E-state index contributed by atoms with van der Waals surface area (Å²) in [6.07, 6.45) is 2.17. The predicted octanol–water partition coefficient (Wildman–Crippen LogP) is 4.59. The zero-order valence-electron chi connectivity index (χ0n) is 16.5. The van der Waals surface area contributed by atoms with Gasteiger partial charge in [0.1, 0.15) is 18.4 Å². The first-order valence-electron chi connectivity index (χ1n) is 10.0. The van der Waals surface area contributed by atoms with Crippen LogP contribution in [0, 0.1) is 0 Å². The number of carbonyl (C=O) groups is 1. The van der Waals surface area contributed by atoms with Crippen molar-refractivity contribution in [3.63, 3.8) is 0 Å². The number of hydrogen-bond donors (Lipinski definition) is 3. The van der Waals surface area contributed by atoms with E-state index in [2.05, 4.69) is 31.2 Å². The van der Waals surface area contributed by atoms with Gasteiger partial charge in [0.25, 0.3) is 0 Å². The van der Waals surface area contributed by atoms with Crippen LogP contribution < -0.4 is 10.1 Å². The number of hydrogen-bond acceptors (Lipinski definition) is 4. The van der Waals surface area contributed by atoms with Crippen LogP contribution in [-0.4, -0.2) is 27.1 Å². The van der Waals surface area contributed by atoms with E-state index < -0.39 is 12.0 Å². The summed E-state index contributed by atoms with van der Waals surface area (Å²) in [7, 11) is 0. The lowest BCUT2D eigenvalue weighted by atomic mass is 9.90. The van der Waals surface area contributed by atoms with Crippen molar-refractivity contribution in [2.24, 2.45) is 0 Å². The summed E-state index contributed by atoms with van der Waals surface area (Å²) >= 11 is 3.65. The summed E-state index contributed by atoms with van der Waals surface area (Å²) < 4.78 is 6.84. The summed E-state index contributed by atoms with van der Waals surface area (Å²) in [6.45, 7) is 0.357. The second kappa shape index (κ2) is 8.17. The maximum absolute atomic E-state index is 11.9. The van der Waals surface area contributed by atoms with E-state index in [1.807, 2.05) is 60.7 Å². The SMILES string of the molecule is O=C(O)C1Cc2c([nH]c3ccccc23)C(c2cc(OCc3ccccn3)ccc2Br)N1. The Hall–Kier alpha value is -3.16. The number of aliphatic carboxylic acids is 1. The molecule has 7 heteroatoms. The van der Waals surface area contributed by atoms with E-state index in [4.69, 9.17) is 4.74 Å². The third kappa shape index (κ3) is 3.82. The Balaban J connectivity index is 1.53. The molecule has 0 saturated carbocycles. The van der Waals surface area contributed by atoms with Crippen molar-refractivity contribution >= 4 is 32.8 Å². The van der Waals surface area contributed by atoms with E-state index in [9.17, 15) is 9.90 Å². The molecular weight excluding hydrogens is 458 g/mol. The van der Waals surface area contributed by atoms with Crippen LogP contribution in [0.3, 0.4) is 0 Å². The molecule has 2 unspecified atom stereocenters. The van der Waals surface area contributed by atoms with Crippen molar-refractivity contribution < 1.29 is 14.6 Å². The average molecular weight is 478 g/mol. The molecule has 31 heavy (non-hydrogen) atoms. The van der Waals surface area contributed by atoms with Crippen LogP contribution in [0.1, 0.15) is 28.6 Å². The number of fused-ring (bicyclic) bond motifs is 3. The van der Waals surface area contributed by atoms with Gasteiger partial charge in [0, 0.05) is 33.7 Å². The van der Waals surface area contributed by atoms with Crippen molar-refractivity contribution in [1.82, 2.24) is 15.3 Å². The first-order valence-corrected chi connectivity index (χ1v) is 10.8. The van der Waals surface area contributed by atoms with E-state index in [-0.39, 0.29) is 6.04 Å². The molecule has 0 aliphatic carbocycles. The van der Waals surface area contributed by atoms with Crippen molar-refractivity contribution in [2.75, 3.05) is 0 Å². The van der Waals surface area contributed by atoms with Gasteiger partial charge in [0.05, 0.1) is 11.7 Å². The Morgan fingerprint density at radius 2 is 2.00 bits per heavy atom. The van der Waals surface area contributed by atoms with Crippen LogP contribution in [0.4, 0.5) is 0 Å². The van der Waals surface area contributed by atoms with Crippen molar-refractivity contribution in [3.05, 3.63) is 93.8 Å². The number of H-pyrrole nitrogens is 1. The topological polar surface area (TPSA) is 87.2 Å². The number of aromatic amines is 1. The molecule has 0 radical (unpaired) electrons. The number of ether oxygens (including phenoxy) is 1. The van der Waals surface area contributed by atoms with Gasteiger partial charge in [0.15, 0.2) is 0 Å². The van der Waals surface area contributed by atoms with Gasteiger partial charge >= 0.3 is 5.97 Å². The van der Waals surface area contributed by atoms with Gasteiger partial charge in [-0.1, -0.05) is 40.2 Å². The van der Waals surface area contributed by atoms with E-state index in [1.165, 1.54) is 0 Å². The van der Waals surface area contributed by atoms with Crippen LogP contribution in [0.15, 0.2) is 71.3 Å². The van der Waals surface area contributed by atoms with Crippen LogP contribution in [-0.2, 0) is 17.8 Å². The molecule has 2 aromatic carbocycles. The molecule has 0 fully saturated rings. The molecule has 3 heterocycles. The maximum Gasteiger partial charge on any atom is 0.321 e. The number of rotatable bonds is 5. The molecule has 2 aromatic heterocycles. The lowest BCUT2D eigenvalue weighted by Gasteiger charge is -2.30. The first kappa shape index (κ1) is 19.8. The van der Waals surface area contributed by atoms with Crippen molar-refractivity contribution in [3.8, 4) is 5.75 Å². The molecule has 2 atom stereocenters. The van der Waals surface area contributed by atoms with E-state index in [0.717, 1.165) is 37.9 Å². The van der Waals surface area contributed by atoms with Crippen molar-refractivity contribution in [2.45, 2.75) is 25.1 Å². The third-order valence-corrected chi connectivity index (χ3v) is 6.32. The Morgan fingerprint density at radius 3 is 2.81 bits per heavy atom. The molecule has 1 aliphatic rings. The number of nitrogens with one attached hydrogen (secondary N) is 2. The smallest absolute Gasteiger partial charge is 0.321 e. The molecule has 4 aromatic rings. The lowest BCUT2D eigenvalue weighted by molar-refractivity contribution is -0.139. The first-order chi connectivity index (χ1) is 15.1. The zero-order valence-corrected chi connectivity index (χ0v) is 18.1. The van der Waals surface area contributed by atoms with Crippen LogP contribution in [0.2, 0.25) is 0 Å². The predicted molar refractivity (Wildman–Crippen MR) is 121 cm³/mol. The third-order valence-electron chi connectivity index (χ3n) is 5.60. The largest absolute Gasteiger partial charge is 0.487 e. The molecule has 0 amide bonds. The van der Waals surface area contributed by atoms with Gasteiger partial charge in [-0.15, -0.1) is 0 Å². The summed E-state index contributed by atoms with van der Waals surface area (Å²) in [5.41, 5.74) is 4.78. The summed E-state index contributed by atoms with van der Waals surface area (Å²) in [5.74, 6) is -0.166. The minimum Gasteiger partial charge on any atom is -0.487 e. The molecule has 6 nitrogen and oxygen atoms in total. The Labute approximate surface area is 187 Å². The molecule has 0 bridgehead atoms. The Kier molecular flexibility index (Phi) is 5.21. The standard InChI is InChI=1S/C24H20BrN3O3/c25-19-9-8-15(31-13-14-5-3-4-10-26-14)11-18(19)23-22-17(12-21(28-23)24(29)30)16-6-1-2-7-20(16)27-22/h1-11,21,23,27-28H,12-13H2,(H,29,30). The van der Waals surface area contributed by atoms with E-state index >= 15 is 0 Å².